The lowest BCUT2D eigenvalue weighted by Gasteiger charge is -2.32. The van der Waals surface area contributed by atoms with E-state index in [0.717, 1.165) is 0 Å². The number of hydrogen-bond acceptors (Lipinski definition) is 5. The summed E-state index contributed by atoms with van der Waals surface area (Å²) in [6, 6.07) is 5.06. The fraction of sp³-hybridized carbons (Fsp3) is 0.294. The van der Waals surface area contributed by atoms with Gasteiger partial charge in [0.2, 0.25) is 5.88 Å². The van der Waals surface area contributed by atoms with E-state index < -0.39 is 11.9 Å². The Hall–Kier alpha value is -1.98. The van der Waals surface area contributed by atoms with Gasteiger partial charge in [0.15, 0.2) is 5.78 Å². The molecule has 0 fully saturated rings. The zero-order chi connectivity index (χ0) is 17.4. The van der Waals surface area contributed by atoms with Crippen LogP contribution in [0.1, 0.15) is 30.7 Å². The number of ether oxygens (including phenoxy) is 2. The van der Waals surface area contributed by atoms with Gasteiger partial charge in [-0.15, -0.1) is 0 Å². The minimum absolute atomic E-state index is 0.0654. The average Bonchev–Trinajstić information content (AvgIpc) is 2.56. The second-order valence-electron chi connectivity index (χ2n) is 5.56. The molecule has 0 bridgehead atoms. The number of Topliss-reactive ketones (excluding diaryl/α,β-unsaturated/α-hetero) is 1. The van der Waals surface area contributed by atoms with Gasteiger partial charge in [-0.1, -0.05) is 35.3 Å². The minimum Gasteiger partial charge on any atom is -0.465 e. The highest BCUT2D eigenvalue weighted by molar-refractivity contribution is 6.42. The largest absolute Gasteiger partial charge is 0.465 e. The first-order chi connectivity index (χ1) is 11.5. The molecule has 24 heavy (non-hydrogen) atoms. The molecule has 0 amide bonds. The number of benzene rings is 1. The highest BCUT2D eigenvalue weighted by Gasteiger charge is 2.41. The number of carbonyl (C=O) groups excluding carboxylic acids is 2. The molecule has 3 rings (SSSR count). The van der Waals surface area contributed by atoms with Crippen molar-refractivity contribution in [3.05, 3.63) is 56.6 Å². The second-order valence-corrected chi connectivity index (χ2v) is 6.35. The van der Waals surface area contributed by atoms with Crippen LogP contribution in [0.15, 0.2) is 41.0 Å². The molecule has 2 N–H and O–H groups in total. The first kappa shape index (κ1) is 16.9. The normalized spacial score (nSPS) is 20.6. The molecule has 0 aromatic heterocycles. The van der Waals surface area contributed by atoms with Crippen molar-refractivity contribution in [2.45, 2.75) is 25.2 Å². The molecule has 5 nitrogen and oxygen atoms in total. The Kier molecular flexibility index (Phi) is 4.56. The average molecular weight is 368 g/mol. The third kappa shape index (κ3) is 2.68. The maximum absolute atomic E-state index is 12.5. The van der Waals surface area contributed by atoms with Gasteiger partial charge >= 0.3 is 5.97 Å². The second kappa shape index (κ2) is 6.49. The van der Waals surface area contributed by atoms with Gasteiger partial charge < -0.3 is 15.2 Å². The number of ketones is 1. The molecule has 1 aliphatic heterocycles. The summed E-state index contributed by atoms with van der Waals surface area (Å²) >= 11 is 12.5. The van der Waals surface area contributed by atoms with Crippen LogP contribution in [0, 0.1) is 0 Å². The molecule has 1 aromatic carbocycles. The topological polar surface area (TPSA) is 78.6 Å². The number of esters is 1. The standard InChI is InChI=1S/C17H15Cl2NO4/c1-23-17(22)14-12(8-4-2-5-9(18)15(8)19)13-10(21)6-3-7-11(13)24-16(14)20/h2,4-5,12H,3,6-7,20H2,1H3/t12-/m0/s1. The number of allylic oxidation sites excluding steroid dienone is 2. The fourth-order valence-electron chi connectivity index (χ4n) is 3.12. The number of carbonyl (C=O) groups is 2. The Morgan fingerprint density at radius 1 is 1.33 bits per heavy atom. The molecule has 0 spiro atoms. The summed E-state index contributed by atoms with van der Waals surface area (Å²) in [7, 11) is 1.24. The minimum atomic E-state index is -0.750. The van der Waals surface area contributed by atoms with E-state index in [0.29, 0.717) is 41.2 Å². The van der Waals surface area contributed by atoms with Gasteiger partial charge in [-0.25, -0.2) is 4.79 Å². The molecular formula is C17H15Cl2NO4. The monoisotopic (exact) mass is 367 g/mol. The molecule has 126 valence electrons. The lowest BCUT2D eigenvalue weighted by molar-refractivity contribution is -0.136. The summed E-state index contributed by atoms with van der Waals surface area (Å²) < 4.78 is 10.4. The number of halogens is 2. The van der Waals surface area contributed by atoms with Crippen molar-refractivity contribution >= 4 is 35.0 Å². The highest BCUT2D eigenvalue weighted by Crippen LogP contribution is 2.46. The summed E-state index contributed by atoms with van der Waals surface area (Å²) in [5.41, 5.74) is 6.95. The maximum Gasteiger partial charge on any atom is 0.340 e. The molecule has 2 aliphatic rings. The van der Waals surface area contributed by atoms with E-state index in [4.69, 9.17) is 38.4 Å². The molecule has 0 saturated carbocycles. The molecular weight excluding hydrogens is 353 g/mol. The maximum atomic E-state index is 12.5. The van der Waals surface area contributed by atoms with E-state index in [1.165, 1.54) is 7.11 Å². The van der Waals surface area contributed by atoms with Crippen molar-refractivity contribution in [3.8, 4) is 0 Å². The van der Waals surface area contributed by atoms with Gasteiger partial charge in [0.05, 0.1) is 23.1 Å². The molecule has 7 heteroatoms. The van der Waals surface area contributed by atoms with Crippen LogP contribution in [-0.2, 0) is 19.1 Å². The number of nitrogens with two attached hydrogens (primary N) is 1. The van der Waals surface area contributed by atoms with Crippen molar-refractivity contribution in [1.29, 1.82) is 0 Å². The van der Waals surface area contributed by atoms with Gasteiger partial charge in [0.1, 0.15) is 11.3 Å². The molecule has 1 heterocycles. The van der Waals surface area contributed by atoms with Crippen LogP contribution >= 0.6 is 23.2 Å². The zero-order valence-corrected chi connectivity index (χ0v) is 14.4. The van der Waals surface area contributed by atoms with E-state index in [2.05, 4.69) is 0 Å². The Balaban J connectivity index is 2.26. The smallest absolute Gasteiger partial charge is 0.340 e. The Morgan fingerprint density at radius 2 is 2.08 bits per heavy atom. The molecule has 0 radical (unpaired) electrons. The zero-order valence-electron chi connectivity index (χ0n) is 12.9. The summed E-state index contributed by atoms with van der Waals surface area (Å²) in [5.74, 6) is -1.10. The van der Waals surface area contributed by atoms with Crippen molar-refractivity contribution in [2.75, 3.05) is 7.11 Å². The van der Waals surface area contributed by atoms with Crippen LogP contribution < -0.4 is 5.73 Å². The van der Waals surface area contributed by atoms with Crippen LogP contribution in [0.25, 0.3) is 0 Å². The SMILES string of the molecule is COC(=O)C1=C(N)OC2=C(C(=O)CCC2)[C@@H]1c1cccc(Cl)c1Cl. The molecule has 0 unspecified atom stereocenters. The quantitative estimate of drug-likeness (QED) is 0.809. The van der Waals surface area contributed by atoms with Crippen molar-refractivity contribution in [1.82, 2.24) is 0 Å². The van der Waals surface area contributed by atoms with Gasteiger partial charge in [0, 0.05) is 18.4 Å². The predicted molar refractivity (Wildman–Crippen MR) is 89.4 cm³/mol. The molecule has 0 saturated heterocycles. The van der Waals surface area contributed by atoms with Crippen LogP contribution in [0.5, 0.6) is 0 Å². The van der Waals surface area contributed by atoms with Crippen LogP contribution in [0.2, 0.25) is 10.0 Å². The third-order valence-corrected chi connectivity index (χ3v) is 5.02. The van der Waals surface area contributed by atoms with Gasteiger partial charge in [-0.2, -0.15) is 0 Å². The van der Waals surface area contributed by atoms with Crippen molar-refractivity contribution < 1.29 is 19.1 Å². The van der Waals surface area contributed by atoms with Gasteiger partial charge in [0.25, 0.3) is 0 Å². The lowest BCUT2D eigenvalue weighted by Crippen LogP contribution is -2.31. The number of rotatable bonds is 2. The van der Waals surface area contributed by atoms with E-state index in [1.807, 2.05) is 0 Å². The number of hydrogen-bond donors (Lipinski definition) is 1. The van der Waals surface area contributed by atoms with Crippen LogP contribution in [0.4, 0.5) is 0 Å². The van der Waals surface area contributed by atoms with Gasteiger partial charge in [-0.05, 0) is 18.1 Å². The summed E-state index contributed by atoms with van der Waals surface area (Å²) in [6.07, 6.45) is 1.63. The predicted octanol–water partition coefficient (Wildman–Crippen LogP) is 3.46. The molecule has 1 aromatic rings. The number of methoxy groups -OCH3 is 1. The van der Waals surface area contributed by atoms with Gasteiger partial charge in [-0.3, -0.25) is 4.79 Å². The third-order valence-electron chi connectivity index (χ3n) is 4.18. The first-order valence-electron chi connectivity index (χ1n) is 7.41. The Morgan fingerprint density at radius 3 is 2.79 bits per heavy atom. The van der Waals surface area contributed by atoms with Crippen molar-refractivity contribution in [3.63, 3.8) is 0 Å². The molecule has 1 aliphatic carbocycles. The van der Waals surface area contributed by atoms with E-state index >= 15 is 0 Å². The first-order valence-corrected chi connectivity index (χ1v) is 8.17. The lowest BCUT2D eigenvalue weighted by atomic mass is 9.77. The van der Waals surface area contributed by atoms with Crippen LogP contribution in [-0.4, -0.2) is 18.9 Å². The summed E-state index contributed by atoms with van der Waals surface area (Å²) in [6.45, 7) is 0. The molecule has 1 atom stereocenters. The van der Waals surface area contributed by atoms with E-state index in [9.17, 15) is 9.59 Å². The van der Waals surface area contributed by atoms with Crippen molar-refractivity contribution in [2.24, 2.45) is 5.73 Å². The fourth-order valence-corrected chi connectivity index (χ4v) is 3.54. The van der Waals surface area contributed by atoms with Crippen LogP contribution in [0.3, 0.4) is 0 Å². The van der Waals surface area contributed by atoms with E-state index in [1.54, 1.807) is 18.2 Å². The summed E-state index contributed by atoms with van der Waals surface area (Å²) in [5, 5.41) is 0.597. The summed E-state index contributed by atoms with van der Waals surface area (Å²) in [4.78, 5) is 24.8. The highest BCUT2D eigenvalue weighted by atomic mass is 35.5. The van der Waals surface area contributed by atoms with E-state index in [-0.39, 0.29) is 22.3 Å². The Bertz CT molecular complexity index is 798. The Labute approximate surface area is 149 Å².